The lowest BCUT2D eigenvalue weighted by molar-refractivity contribution is 0.242. The van der Waals surface area contributed by atoms with E-state index in [-0.39, 0.29) is 6.10 Å². The second kappa shape index (κ2) is 8.46. The van der Waals surface area contributed by atoms with Crippen LogP contribution in [0.15, 0.2) is 72.6 Å². The van der Waals surface area contributed by atoms with Crippen molar-refractivity contribution in [3.63, 3.8) is 0 Å². The molecule has 0 saturated carbocycles. The van der Waals surface area contributed by atoms with Crippen LogP contribution in [0.1, 0.15) is 45.0 Å². The van der Waals surface area contributed by atoms with Gasteiger partial charge in [0, 0.05) is 23.3 Å². The largest absolute Gasteiger partial charge is 0.491 e. The summed E-state index contributed by atoms with van der Waals surface area (Å²) in [6, 6.07) is 18.7. The predicted molar refractivity (Wildman–Crippen MR) is 132 cm³/mol. The molecule has 32 heavy (non-hydrogen) atoms. The number of benzene rings is 2. The van der Waals surface area contributed by atoms with Gasteiger partial charge in [-0.3, -0.25) is 9.55 Å². The summed E-state index contributed by atoms with van der Waals surface area (Å²) in [5, 5.41) is 1.14. The zero-order chi connectivity index (χ0) is 22.1. The summed E-state index contributed by atoms with van der Waals surface area (Å²) < 4.78 is 8.04. The lowest BCUT2D eigenvalue weighted by Crippen LogP contribution is -2.05. The average Bonchev–Trinajstić information content (AvgIpc) is 3.09. The lowest BCUT2D eigenvalue weighted by Gasteiger charge is -2.12. The highest BCUT2D eigenvalue weighted by atomic mass is 16.5. The molecule has 0 amide bonds. The number of hydrogen-bond donors (Lipinski definition) is 0. The zero-order valence-corrected chi connectivity index (χ0v) is 18.7. The molecule has 1 aliphatic rings. The minimum atomic E-state index is 0.169. The quantitative estimate of drug-likeness (QED) is 0.346. The molecule has 0 unspecified atom stereocenters. The van der Waals surface area contributed by atoms with Crippen molar-refractivity contribution in [2.75, 3.05) is 0 Å². The molecule has 0 bridgehead atoms. The van der Waals surface area contributed by atoms with Crippen LogP contribution in [-0.4, -0.2) is 20.6 Å². The maximum atomic E-state index is 5.81. The molecule has 0 N–H and O–H groups in total. The molecule has 0 aliphatic carbocycles. The van der Waals surface area contributed by atoms with Crippen molar-refractivity contribution >= 4 is 28.8 Å². The van der Waals surface area contributed by atoms with Crippen molar-refractivity contribution in [3.8, 4) is 17.0 Å². The molecular weight excluding hydrogens is 394 g/mol. The molecule has 0 fully saturated rings. The number of rotatable bonds is 5. The Morgan fingerprint density at radius 1 is 1.00 bits per heavy atom. The standard InChI is InChI=1S/C28H27N3O/c1-4-20-15-22(21-9-11-23(12-10-21)32-19(2)3)16-28-30-17-27(31(28)18-20)25-13-14-29-26-8-6-5-7-24(25)26/h5-14,16-19H,4,15H2,1-3H3. The van der Waals surface area contributed by atoms with Crippen molar-refractivity contribution in [1.82, 2.24) is 14.5 Å². The third-order valence-corrected chi connectivity index (χ3v) is 5.83. The molecule has 4 nitrogen and oxygen atoms in total. The Bertz CT molecular complexity index is 1320. The van der Waals surface area contributed by atoms with E-state index in [0.717, 1.165) is 46.6 Å². The minimum absolute atomic E-state index is 0.169. The molecule has 1 aliphatic heterocycles. The van der Waals surface area contributed by atoms with E-state index in [0.29, 0.717) is 0 Å². The molecule has 2 aromatic carbocycles. The highest BCUT2D eigenvalue weighted by Crippen LogP contribution is 2.35. The third-order valence-electron chi connectivity index (χ3n) is 5.83. The Labute approximate surface area is 188 Å². The predicted octanol–water partition coefficient (Wildman–Crippen LogP) is 7.08. The van der Waals surface area contributed by atoms with Crippen LogP contribution in [0.3, 0.4) is 0 Å². The van der Waals surface area contributed by atoms with E-state index in [2.05, 4.69) is 77.3 Å². The summed E-state index contributed by atoms with van der Waals surface area (Å²) >= 11 is 0. The normalized spacial score (nSPS) is 13.5. The first-order chi connectivity index (χ1) is 15.6. The number of pyridine rings is 1. The van der Waals surface area contributed by atoms with E-state index in [1.165, 1.54) is 16.7 Å². The van der Waals surface area contributed by atoms with Crippen LogP contribution in [-0.2, 0) is 0 Å². The Morgan fingerprint density at radius 2 is 1.81 bits per heavy atom. The third kappa shape index (κ3) is 3.84. The Morgan fingerprint density at radius 3 is 2.59 bits per heavy atom. The topological polar surface area (TPSA) is 39.9 Å². The molecule has 4 heteroatoms. The van der Waals surface area contributed by atoms with Crippen LogP contribution in [0.5, 0.6) is 5.75 Å². The minimum Gasteiger partial charge on any atom is -0.491 e. The highest BCUT2D eigenvalue weighted by Gasteiger charge is 2.17. The summed E-state index contributed by atoms with van der Waals surface area (Å²) in [4.78, 5) is 9.32. The fraction of sp³-hybridized carbons (Fsp3) is 0.214. The van der Waals surface area contributed by atoms with E-state index in [4.69, 9.17) is 9.72 Å². The molecule has 2 aromatic heterocycles. The van der Waals surface area contributed by atoms with Gasteiger partial charge in [-0.15, -0.1) is 0 Å². The van der Waals surface area contributed by atoms with E-state index in [1.807, 2.05) is 32.3 Å². The van der Waals surface area contributed by atoms with Crippen molar-refractivity contribution in [2.24, 2.45) is 0 Å². The molecule has 0 atom stereocenters. The molecule has 3 heterocycles. The van der Waals surface area contributed by atoms with Crippen LogP contribution in [0, 0.1) is 0 Å². The fourth-order valence-corrected chi connectivity index (χ4v) is 4.24. The van der Waals surface area contributed by atoms with E-state index >= 15 is 0 Å². The lowest BCUT2D eigenvalue weighted by atomic mass is 9.97. The second-order valence-corrected chi connectivity index (χ2v) is 8.43. The van der Waals surface area contributed by atoms with Gasteiger partial charge in [-0.2, -0.15) is 0 Å². The Balaban J connectivity index is 1.59. The summed E-state index contributed by atoms with van der Waals surface area (Å²) in [6.45, 7) is 6.30. The summed E-state index contributed by atoms with van der Waals surface area (Å²) in [7, 11) is 0. The first-order valence-electron chi connectivity index (χ1n) is 11.2. The van der Waals surface area contributed by atoms with Gasteiger partial charge in [0.15, 0.2) is 0 Å². The Hall–Kier alpha value is -3.66. The van der Waals surface area contributed by atoms with Gasteiger partial charge in [0.2, 0.25) is 0 Å². The van der Waals surface area contributed by atoms with Crippen LogP contribution in [0.4, 0.5) is 0 Å². The van der Waals surface area contributed by atoms with Gasteiger partial charge in [-0.25, -0.2) is 4.98 Å². The van der Waals surface area contributed by atoms with Gasteiger partial charge in [0.05, 0.1) is 23.5 Å². The molecular formula is C28H27N3O. The van der Waals surface area contributed by atoms with Gasteiger partial charge in [0.25, 0.3) is 0 Å². The van der Waals surface area contributed by atoms with Crippen LogP contribution < -0.4 is 4.74 Å². The molecule has 4 aromatic rings. The van der Waals surface area contributed by atoms with Crippen LogP contribution >= 0.6 is 0 Å². The fourth-order valence-electron chi connectivity index (χ4n) is 4.24. The van der Waals surface area contributed by atoms with Crippen LogP contribution in [0.25, 0.3) is 40.0 Å². The molecule has 0 radical (unpaired) electrons. The first kappa shape index (κ1) is 20.3. The van der Waals surface area contributed by atoms with Crippen molar-refractivity contribution in [3.05, 3.63) is 84.0 Å². The van der Waals surface area contributed by atoms with E-state index in [1.54, 1.807) is 0 Å². The number of para-hydroxylation sites is 1. The van der Waals surface area contributed by atoms with E-state index in [9.17, 15) is 0 Å². The monoisotopic (exact) mass is 421 g/mol. The number of fused-ring (bicyclic) bond motifs is 2. The molecule has 5 rings (SSSR count). The molecule has 160 valence electrons. The van der Waals surface area contributed by atoms with Gasteiger partial charge < -0.3 is 4.74 Å². The average molecular weight is 422 g/mol. The van der Waals surface area contributed by atoms with Crippen LogP contribution in [0.2, 0.25) is 0 Å². The van der Waals surface area contributed by atoms with Crippen molar-refractivity contribution in [2.45, 2.75) is 39.7 Å². The highest BCUT2D eigenvalue weighted by molar-refractivity contribution is 5.94. The maximum absolute atomic E-state index is 5.81. The van der Waals surface area contributed by atoms with Gasteiger partial charge in [-0.05, 0) is 73.7 Å². The smallest absolute Gasteiger partial charge is 0.137 e. The first-order valence-corrected chi connectivity index (χ1v) is 11.2. The maximum Gasteiger partial charge on any atom is 0.137 e. The number of ether oxygens (including phenoxy) is 1. The second-order valence-electron chi connectivity index (χ2n) is 8.43. The van der Waals surface area contributed by atoms with Gasteiger partial charge in [0.1, 0.15) is 11.6 Å². The number of imidazole rings is 1. The number of hydrogen-bond acceptors (Lipinski definition) is 3. The number of nitrogens with zero attached hydrogens (tertiary/aromatic N) is 3. The van der Waals surface area contributed by atoms with E-state index < -0.39 is 0 Å². The summed E-state index contributed by atoms with van der Waals surface area (Å²) in [5.41, 5.74) is 7.07. The molecule has 0 spiro atoms. The van der Waals surface area contributed by atoms with Crippen molar-refractivity contribution in [1.29, 1.82) is 0 Å². The zero-order valence-electron chi connectivity index (χ0n) is 18.7. The SMILES string of the molecule is CCC1=Cn2c(-c3ccnc4ccccc34)cnc2C=C(c2ccc(OC(C)C)cc2)C1. The molecule has 0 saturated heterocycles. The summed E-state index contributed by atoms with van der Waals surface area (Å²) in [6.07, 6.45) is 10.4. The van der Waals surface area contributed by atoms with Gasteiger partial charge >= 0.3 is 0 Å². The van der Waals surface area contributed by atoms with Crippen molar-refractivity contribution < 1.29 is 4.74 Å². The Kier molecular flexibility index (Phi) is 5.36. The van der Waals surface area contributed by atoms with Gasteiger partial charge in [-0.1, -0.05) is 37.3 Å². The number of aromatic nitrogens is 3. The summed E-state index contributed by atoms with van der Waals surface area (Å²) in [5.74, 6) is 1.85. The number of allylic oxidation sites excluding steroid dienone is 2.